The number of nitrogens with one attached hydrogen (secondary N) is 1. The van der Waals surface area contributed by atoms with Gasteiger partial charge in [-0.05, 0) is 52.9 Å². The Hall–Kier alpha value is -2.50. The Morgan fingerprint density at radius 3 is 1.75 bits per heavy atom. The van der Waals surface area contributed by atoms with Crippen LogP contribution in [0.2, 0.25) is 0 Å². The Morgan fingerprint density at radius 2 is 1.21 bits per heavy atom. The minimum absolute atomic E-state index is 0.567. The second-order valence-electron chi connectivity index (χ2n) is 6.07. The molecule has 0 atom stereocenters. The van der Waals surface area contributed by atoms with Crippen LogP contribution in [-0.4, -0.2) is 9.97 Å². The molecule has 1 heterocycles. The summed E-state index contributed by atoms with van der Waals surface area (Å²) in [7, 11) is -2.41. The predicted molar refractivity (Wildman–Crippen MR) is 126 cm³/mol. The first-order valence-corrected chi connectivity index (χ1v) is 11.6. The van der Waals surface area contributed by atoms with Crippen molar-refractivity contribution < 1.29 is 0 Å². The van der Waals surface area contributed by atoms with Crippen molar-refractivity contribution in [1.29, 1.82) is 0 Å². The Kier molecular flexibility index (Phi) is 5.84. The summed E-state index contributed by atoms with van der Waals surface area (Å²) < 4.78 is 6.46. The van der Waals surface area contributed by atoms with Gasteiger partial charge in [-0.15, -0.1) is 0 Å². The number of nitrogens with zero attached hydrogens (tertiary/aromatic N) is 3. The molecule has 0 saturated heterocycles. The molecule has 0 aliphatic rings. The van der Waals surface area contributed by atoms with E-state index in [9.17, 15) is 0 Å². The van der Waals surface area contributed by atoms with Gasteiger partial charge in [-0.1, -0.05) is 60.7 Å². The summed E-state index contributed by atoms with van der Waals surface area (Å²) in [4.78, 5) is 8.83. The number of anilines is 1. The van der Waals surface area contributed by atoms with Crippen LogP contribution in [0.5, 0.6) is 0 Å². The van der Waals surface area contributed by atoms with Crippen molar-refractivity contribution in [2.24, 2.45) is 4.74 Å². The first kappa shape index (κ1) is 18.8. The topological polar surface area (TPSA) is 50.2 Å². The molecule has 4 rings (SSSR count). The van der Waals surface area contributed by atoms with Gasteiger partial charge < -0.3 is 5.09 Å². The quantitative estimate of drug-likeness (QED) is 0.290. The van der Waals surface area contributed by atoms with Gasteiger partial charge in [0.15, 0.2) is 0 Å². The molecule has 0 spiro atoms. The zero-order valence-electron chi connectivity index (χ0n) is 15.0. The summed E-state index contributed by atoms with van der Waals surface area (Å²) in [5.41, 5.74) is 0.921. The smallest absolute Gasteiger partial charge is 0.227 e. The highest BCUT2D eigenvalue weighted by Crippen LogP contribution is 2.49. The van der Waals surface area contributed by atoms with Crippen molar-refractivity contribution in [3.05, 3.63) is 107 Å². The van der Waals surface area contributed by atoms with Crippen LogP contribution in [-0.2, 0) is 0 Å². The van der Waals surface area contributed by atoms with Crippen LogP contribution in [0, 0.1) is 3.57 Å². The lowest BCUT2D eigenvalue weighted by Gasteiger charge is -2.27. The van der Waals surface area contributed by atoms with Crippen molar-refractivity contribution in [2.75, 3.05) is 5.09 Å². The molecule has 6 heteroatoms. The number of aromatic nitrogens is 2. The Balaban J connectivity index is 2.00. The van der Waals surface area contributed by atoms with Crippen molar-refractivity contribution in [3.8, 4) is 0 Å². The summed E-state index contributed by atoms with van der Waals surface area (Å²) in [5.74, 6) is 0.567. The largest absolute Gasteiger partial charge is 0.314 e. The van der Waals surface area contributed by atoms with Gasteiger partial charge in [0.05, 0.1) is 5.69 Å². The lowest BCUT2D eigenvalue weighted by atomic mass is 10.3. The van der Waals surface area contributed by atoms with E-state index in [2.05, 4.69) is 86.2 Å². The van der Waals surface area contributed by atoms with Gasteiger partial charge in [0.25, 0.3) is 0 Å². The highest BCUT2D eigenvalue weighted by atomic mass is 127. The fourth-order valence-corrected chi connectivity index (χ4v) is 6.18. The third kappa shape index (κ3) is 4.16. The standard InChI is InChI=1S/C22H18IN4P/c23-18-12-14-19(15-13-18)26-28(20-8-3-1-4-9-20,21-10-5-2-6-11-21)27-22-24-16-7-17-25-22/h1-17H,(H,24,25,27). The van der Waals surface area contributed by atoms with E-state index in [0.717, 1.165) is 16.3 Å². The van der Waals surface area contributed by atoms with Crippen LogP contribution in [0.1, 0.15) is 0 Å². The first-order valence-electron chi connectivity index (χ1n) is 8.81. The first-order chi connectivity index (χ1) is 13.8. The summed E-state index contributed by atoms with van der Waals surface area (Å²) in [6, 6.07) is 30.8. The molecule has 1 N–H and O–H groups in total. The van der Waals surface area contributed by atoms with Crippen molar-refractivity contribution >= 4 is 52.0 Å². The highest BCUT2D eigenvalue weighted by Gasteiger charge is 2.26. The van der Waals surface area contributed by atoms with E-state index in [-0.39, 0.29) is 0 Å². The van der Waals surface area contributed by atoms with E-state index in [4.69, 9.17) is 4.74 Å². The molecule has 0 radical (unpaired) electrons. The maximum atomic E-state index is 5.28. The van der Waals surface area contributed by atoms with Crippen LogP contribution in [0.4, 0.5) is 11.6 Å². The van der Waals surface area contributed by atoms with Crippen LogP contribution >= 0.6 is 29.8 Å². The summed E-state index contributed by atoms with van der Waals surface area (Å²) in [6.07, 6.45) is 3.48. The van der Waals surface area contributed by atoms with Gasteiger partial charge in [-0.3, -0.25) is 0 Å². The zero-order chi connectivity index (χ0) is 19.2. The Bertz CT molecular complexity index is 1040. The molecule has 0 amide bonds. The van der Waals surface area contributed by atoms with Gasteiger partial charge in [-0.25, -0.2) is 14.7 Å². The number of hydrogen-bond acceptors (Lipinski definition) is 3. The fourth-order valence-electron chi connectivity index (χ4n) is 2.89. The molecule has 1 aromatic heterocycles. The number of hydrogen-bond donors (Lipinski definition) is 1. The molecule has 0 aliphatic carbocycles. The Morgan fingerprint density at radius 1 is 0.679 bits per heavy atom. The zero-order valence-corrected chi connectivity index (χ0v) is 18.0. The van der Waals surface area contributed by atoms with Crippen molar-refractivity contribution in [1.82, 2.24) is 9.97 Å². The predicted octanol–water partition coefficient (Wildman–Crippen LogP) is 5.59. The van der Waals surface area contributed by atoms with Crippen LogP contribution in [0.15, 0.2) is 108 Å². The van der Waals surface area contributed by atoms with Crippen LogP contribution < -0.4 is 15.7 Å². The fraction of sp³-hybridized carbons (Fsp3) is 0. The SMILES string of the molecule is Ic1ccc(N=P(Nc2ncccn2)(c2ccccc2)c2ccccc2)cc1. The molecule has 0 fully saturated rings. The molecule has 138 valence electrons. The molecule has 0 aliphatic heterocycles. The second kappa shape index (κ2) is 8.67. The molecule has 0 bridgehead atoms. The van der Waals surface area contributed by atoms with E-state index in [1.807, 2.05) is 42.5 Å². The van der Waals surface area contributed by atoms with Crippen molar-refractivity contribution in [3.63, 3.8) is 0 Å². The third-order valence-corrected chi connectivity index (χ3v) is 8.04. The molecule has 0 saturated carbocycles. The maximum Gasteiger partial charge on any atom is 0.227 e. The minimum atomic E-state index is -2.41. The van der Waals surface area contributed by atoms with Gasteiger partial charge in [-0.2, -0.15) is 0 Å². The minimum Gasteiger partial charge on any atom is -0.314 e. The van der Waals surface area contributed by atoms with Gasteiger partial charge in [0.2, 0.25) is 5.95 Å². The van der Waals surface area contributed by atoms with Crippen LogP contribution in [0.25, 0.3) is 0 Å². The molecule has 28 heavy (non-hydrogen) atoms. The highest BCUT2D eigenvalue weighted by molar-refractivity contribution is 14.1. The molecular formula is C22H18IN4P. The van der Waals surface area contributed by atoms with Crippen molar-refractivity contribution in [2.45, 2.75) is 0 Å². The third-order valence-electron chi connectivity index (χ3n) is 4.18. The lowest BCUT2D eigenvalue weighted by Crippen LogP contribution is -2.22. The molecule has 4 aromatic rings. The average Bonchev–Trinajstić information content (AvgIpc) is 2.77. The summed E-state index contributed by atoms with van der Waals surface area (Å²) in [6.45, 7) is 0. The number of halogens is 1. The Labute approximate surface area is 178 Å². The molecular weight excluding hydrogens is 478 g/mol. The average molecular weight is 496 g/mol. The van der Waals surface area contributed by atoms with Crippen LogP contribution in [0.3, 0.4) is 0 Å². The lowest BCUT2D eigenvalue weighted by molar-refractivity contribution is 1.18. The molecule has 0 unspecified atom stereocenters. The monoisotopic (exact) mass is 496 g/mol. The number of benzene rings is 3. The van der Waals surface area contributed by atoms with Gasteiger partial charge in [0, 0.05) is 26.6 Å². The van der Waals surface area contributed by atoms with E-state index in [1.54, 1.807) is 12.4 Å². The van der Waals surface area contributed by atoms with E-state index in [1.165, 1.54) is 3.57 Å². The molecule has 3 aromatic carbocycles. The van der Waals surface area contributed by atoms with E-state index < -0.39 is 7.21 Å². The van der Waals surface area contributed by atoms with Gasteiger partial charge in [0.1, 0.15) is 7.21 Å². The van der Waals surface area contributed by atoms with Gasteiger partial charge >= 0.3 is 0 Å². The summed E-state index contributed by atoms with van der Waals surface area (Å²) in [5, 5.41) is 5.84. The molecule has 4 nitrogen and oxygen atoms in total. The normalized spacial score (nSPS) is 11.0. The maximum absolute atomic E-state index is 5.28. The summed E-state index contributed by atoms with van der Waals surface area (Å²) >= 11 is 2.31. The van der Waals surface area contributed by atoms with E-state index >= 15 is 0 Å². The second-order valence-corrected chi connectivity index (χ2v) is 10.0. The number of rotatable bonds is 5. The van der Waals surface area contributed by atoms with E-state index in [0.29, 0.717) is 5.95 Å².